The maximum atomic E-state index is 12.4. The Hall–Kier alpha value is -1.39. The highest BCUT2D eigenvalue weighted by Crippen LogP contribution is 2.60. The fourth-order valence-electron chi connectivity index (χ4n) is 6.34. The van der Waals surface area contributed by atoms with E-state index in [4.69, 9.17) is 5.11 Å². The van der Waals surface area contributed by atoms with Crippen LogP contribution in [-0.2, 0) is 14.4 Å². The predicted octanol–water partition coefficient (Wildman–Crippen LogP) is 3.61. The Morgan fingerprint density at radius 2 is 1.88 bits per heavy atom. The van der Waals surface area contributed by atoms with Crippen molar-refractivity contribution in [2.24, 2.45) is 40.9 Å². The second kappa shape index (κ2) is 6.73. The zero-order chi connectivity index (χ0) is 18.4. The molecule has 0 aromatic heterocycles. The van der Waals surface area contributed by atoms with Crippen LogP contribution in [-0.4, -0.2) is 27.9 Å². The number of aliphatic carboxylic acids is 2. The van der Waals surface area contributed by atoms with Gasteiger partial charge in [-0.1, -0.05) is 20.3 Å². The molecule has 0 aliphatic heterocycles. The lowest BCUT2D eigenvalue weighted by molar-refractivity contribution is -0.150. The van der Waals surface area contributed by atoms with Gasteiger partial charge in [-0.3, -0.25) is 14.4 Å². The largest absolute Gasteiger partial charge is 0.481 e. The van der Waals surface area contributed by atoms with Gasteiger partial charge in [0.15, 0.2) is 0 Å². The van der Waals surface area contributed by atoms with Crippen molar-refractivity contribution < 1.29 is 24.6 Å². The molecule has 0 bridgehead atoms. The minimum atomic E-state index is -1.04. The Morgan fingerprint density at radius 1 is 1.16 bits per heavy atom. The van der Waals surface area contributed by atoms with Gasteiger partial charge >= 0.3 is 11.9 Å². The van der Waals surface area contributed by atoms with Gasteiger partial charge < -0.3 is 10.2 Å². The van der Waals surface area contributed by atoms with Crippen LogP contribution in [0.15, 0.2) is 0 Å². The number of ketones is 1. The summed E-state index contributed by atoms with van der Waals surface area (Å²) in [6.07, 6.45) is 5.93. The molecule has 3 saturated carbocycles. The predicted molar refractivity (Wildman–Crippen MR) is 91.9 cm³/mol. The Kier molecular flexibility index (Phi) is 4.95. The van der Waals surface area contributed by atoms with E-state index in [1.54, 1.807) is 0 Å². The topological polar surface area (TPSA) is 91.7 Å². The van der Waals surface area contributed by atoms with Crippen LogP contribution in [0.2, 0.25) is 0 Å². The highest BCUT2D eigenvalue weighted by molar-refractivity contribution is 5.87. The molecule has 0 amide bonds. The van der Waals surface area contributed by atoms with Crippen molar-refractivity contribution in [3.63, 3.8) is 0 Å². The number of carbonyl (C=O) groups is 3. The molecule has 0 heterocycles. The molecular weight excluding hydrogens is 320 g/mol. The van der Waals surface area contributed by atoms with Crippen LogP contribution in [0.3, 0.4) is 0 Å². The molecule has 3 aliphatic carbocycles. The van der Waals surface area contributed by atoms with E-state index >= 15 is 0 Å². The first-order valence-corrected chi connectivity index (χ1v) is 9.72. The summed E-state index contributed by atoms with van der Waals surface area (Å²) in [5, 5.41) is 18.5. The highest BCUT2D eigenvalue weighted by Gasteiger charge is 2.56. The van der Waals surface area contributed by atoms with Crippen LogP contribution < -0.4 is 0 Å². The van der Waals surface area contributed by atoms with Gasteiger partial charge in [0.2, 0.25) is 0 Å². The molecular formula is C20H30O5. The zero-order valence-corrected chi connectivity index (χ0v) is 15.2. The van der Waals surface area contributed by atoms with Gasteiger partial charge in [0.05, 0.1) is 12.3 Å². The average molecular weight is 350 g/mol. The number of carboxylic acid groups (broad SMARTS) is 2. The smallest absolute Gasteiger partial charge is 0.307 e. The number of fused-ring (bicyclic) bond motifs is 3. The van der Waals surface area contributed by atoms with Gasteiger partial charge in [-0.25, -0.2) is 0 Å². The molecule has 3 aliphatic rings. The first kappa shape index (κ1) is 18.4. The molecule has 3 rings (SSSR count). The summed E-state index contributed by atoms with van der Waals surface area (Å²) in [5.41, 5.74) is -0.167. The molecule has 0 radical (unpaired) electrons. The standard InChI is InChI=1S/C20H30O5/c1-11-3-4-14-13(7-8-20(2)16(14)5-6-17(20)21)15(11)9-12(19(24)25)10-18(22)23/h11-16H,3-10H2,1-2H3,(H,22,23)(H,24,25)/t11-,12?,13-,14+,15-,16-,20-/m0/s1. The van der Waals surface area contributed by atoms with E-state index in [1.807, 2.05) is 0 Å². The fraction of sp³-hybridized carbons (Fsp3) is 0.850. The lowest BCUT2D eigenvalue weighted by Gasteiger charge is -2.52. The Balaban J connectivity index is 1.79. The summed E-state index contributed by atoms with van der Waals surface area (Å²) in [5.74, 6) is -0.329. The number of Topliss-reactive ketones (excluding diaryl/α,β-unsaturated/α-hetero) is 1. The van der Waals surface area contributed by atoms with E-state index in [2.05, 4.69) is 13.8 Å². The van der Waals surface area contributed by atoms with Crippen molar-refractivity contribution in [2.45, 2.75) is 65.2 Å². The van der Waals surface area contributed by atoms with Crippen molar-refractivity contribution in [1.29, 1.82) is 0 Å². The monoisotopic (exact) mass is 350 g/mol. The minimum Gasteiger partial charge on any atom is -0.481 e. The molecule has 25 heavy (non-hydrogen) atoms. The van der Waals surface area contributed by atoms with Crippen molar-refractivity contribution in [2.75, 3.05) is 0 Å². The van der Waals surface area contributed by atoms with Gasteiger partial charge in [-0.05, 0) is 61.7 Å². The average Bonchev–Trinajstić information content (AvgIpc) is 2.84. The molecule has 0 saturated heterocycles. The molecule has 140 valence electrons. The van der Waals surface area contributed by atoms with E-state index in [1.165, 1.54) is 0 Å². The van der Waals surface area contributed by atoms with E-state index in [0.29, 0.717) is 42.3 Å². The van der Waals surface area contributed by atoms with Crippen LogP contribution in [0.5, 0.6) is 0 Å². The Bertz CT molecular complexity index is 570. The summed E-state index contributed by atoms with van der Waals surface area (Å²) < 4.78 is 0. The lowest BCUT2D eigenvalue weighted by atomic mass is 9.52. The molecule has 3 fully saturated rings. The van der Waals surface area contributed by atoms with Crippen LogP contribution in [0.1, 0.15) is 65.2 Å². The van der Waals surface area contributed by atoms with Gasteiger partial charge in [-0.2, -0.15) is 0 Å². The third-order valence-corrected chi connectivity index (χ3v) is 7.76. The summed E-state index contributed by atoms with van der Waals surface area (Å²) >= 11 is 0. The van der Waals surface area contributed by atoms with Gasteiger partial charge in [0.1, 0.15) is 5.78 Å². The van der Waals surface area contributed by atoms with Crippen molar-refractivity contribution in [3.8, 4) is 0 Å². The zero-order valence-electron chi connectivity index (χ0n) is 15.2. The quantitative estimate of drug-likeness (QED) is 0.790. The summed E-state index contributed by atoms with van der Waals surface area (Å²) in [4.78, 5) is 35.0. The Labute approximate surface area is 149 Å². The van der Waals surface area contributed by atoms with E-state index < -0.39 is 17.9 Å². The maximum absolute atomic E-state index is 12.4. The molecule has 2 N–H and O–H groups in total. The molecule has 5 heteroatoms. The molecule has 1 unspecified atom stereocenters. The van der Waals surface area contributed by atoms with Crippen LogP contribution >= 0.6 is 0 Å². The number of hydrogen-bond acceptors (Lipinski definition) is 3. The van der Waals surface area contributed by atoms with E-state index in [9.17, 15) is 19.5 Å². The molecule has 7 atom stereocenters. The van der Waals surface area contributed by atoms with Crippen molar-refractivity contribution >= 4 is 17.7 Å². The minimum absolute atomic E-state index is 0.167. The first-order valence-electron chi connectivity index (χ1n) is 9.72. The number of carbonyl (C=O) groups excluding carboxylic acids is 1. The van der Waals surface area contributed by atoms with Gasteiger partial charge in [-0.15, -0.1) is 0 Å². The van der Waals surface area contributed by atoms with Crippen molar-refractivity contribution in [1.82, 2.24) is 0 Å². The van der Waals surface area contributed by atoms with Crippen LogP contribution in [0.4, 0.5) is 0 Å². The molecule has 5 nitrogen and oxygen atoms in total. The number of rotatable bonds is 5. The van der Waals surface area contributed by atoms with E-state index in [-0.39, 0.29) is 17.8 Å². The number of carboxylic acids is 2. The fourth-order valence-corrected chi connectivity index (χ4v) is 6.34. The SMILES string of the molecule is C[C@H]1CC[C@@H]2[C@H](CC[C@]3(C)C(=O)CC[C@@H]23)[C@H]1CC(CC(=O)O)C(=O)O. The number of hydrogen-bond donors (Lipinski definition) is 2. The van der Waals surface area contributed by atoms with Crippen LogP contribution in [0, 0.1) is 40.9 Å². The van der Waals surface area contributed by atoms with E-state index in [0.717, 1.165) is 32.1 Å². The molecule has 0 spiro atoms. The summed E-state index contributed by atoms with van der Waals surface area (Å²) in [7, 11) is 0. The highest BCUT2D eigenvalue weighted by atomic mass is 16.4. The second-order valence-corrected chi connectivity index (χ2v) is 8.94. The second-order valence-electron chi connectivity index (χ2n) is 8.94. The lowest BCUT2D eigenvalue weighted by Crippen LogP contribution is -2.47. The van der Waals surface area contributed by atoms with Crippen molar-refractivity contribution in [3.05, 3.63) is 0 Å². The third-order valence-electron chi connectivity index (χ3n) is 7.76. The summed E-state index contributed by atoms with van der Waals surface area (Å²) in [6, 6.07) is 0. The first-order chi connectivity index (χ1) is 11.7. The summed E-state index contributed by atoms with van der Waals surface area (Å²) in [6.45, 7) is 4.33. The normalized spacial score (nSPS) is 41.7. The Morgan fingerprint density at radius 3 is 2.52 bits per heavy atom. The van der Waals surface area contributed by atoms with Crippen LogP contribution in [0.25, 0.3) is 0 Å². The molecule has 0 aromatic rings. The van der Waals surface area contributed by atoms with Gasteiger partial charge in [0.25, 0.3) is 0 Å². The molecule has 0 aromatic carbocycles. The van der Waals surface area contributed by atoms with Gasteiger partial charge in [0, 0.05) is 11.8 Å². The maximum Gasteiger partial charge on any atom is 0.307 e. The third kappa shape index (κ3) is 3.22.